The Labute approximate surface area is 116 Å². The normalized spacial score (nSPS) is 22.3. The van der Waals surface area contributed by atoms with Crippen molar-refractivity contribution in [3.8, 4) is 0 Å². The number of nitrogens with zero attached hydrogens (tertiary/aromatic N) is 2. The number of aliphatic imine (C=N–C) groups is 1. The van der Waals surface area contributed by atoms with Crippen LogP contribution >= 0.6 is 0 Å². The average Bonchev–Trinajstić information content (AvgIpc) is 2.33. The highest BCUT2D eigenvalue weighted by atomic mass is 32.2. The Balaban J connectivity index is 2.60. The number of sulfone groups is 1. The SMILES string of the molecule is CN=C(NCCCOC)N1CCS(=O)(=O)C(C)(C)C1. The molecule has 0 aromatic rings. The number of ether oxygens (including phenoxy) is 1. The lowest BCUT2D eigenvalue weighted by molar-refractivity contribution is 0.195. The summed E-state index contributed by atoms with van der Waals surface area (Å²) in [6.45, 7) is 5.97. The minimum atomic E-state index is -3.01. The molecule has 0 amide bonds. The van der Waals surface area contributed by atoms with Gasteiger partial charge < -0.3 is 15.0 Å². The molecule has 112 valence electrons. The second kappa shape index (κ2) is 6.56. The number of hydrogen-bond acceptors (Lipinski definition) is 4. The van der Waals surface area contributed by atoms with Crippen LogP contribution in [0.2, 0.25) is 0 Å². The first-order chi connectivity index (χ1) is 8.84. The smallest absolute Gasteiger partial charge is 0.193 e. The van der Waals surface area contributed by atoms with Crippen molar-refractivity contribution in [2.24, 2.45) is 4.99 Å². The fourth-order valence-corrected chi connectivity index (χ4v) is 3.44. The summed E-state index contributed by atoms with van der Waals surface area (Å²) in [6.07, 6.45) is 0.894. The van der Waals surface area contributed by atoms with Crippen LogP contribution in [0.15, 0.2) is 4.99 Å². The van der Waals surface area contributed by atoms with E-state index in [1.807, 2.05) is 4.90 Å². The van der Waals surface area contributed by atoms with Crippen LogP contribution < -0.4 is 5.32 Å². The maximum Gasteiger partial charge on any atom is 0.193 e. The van der Waals surface area contributed by atoms with Gasteiger partial charge in [-0.3, -0.25) is 4.99 Å². The van der Waals surface area contributed by atoms with Crippen LogP contribution in [0.4, 0.5) is 0 Å². The van der Waals surface area contributed by atoms with Gasteiger partial charge in [-0.2, -0.15) is 0 Å². The summed E-state index contributed by atoms with van der Waals surface area (Å²) in [6, 6.07) is 0. The summed E-state index contributed by atoms with van der Waals surface area (Å²) in [4.78, 5) is 6.23. The molecule has 0 radical (unpaired) electrons. The van der Waals surface area contributed by atoms with E-state index >= 15 is 0 Å². The molecule has 7 heteroatoms. The number of hydrogen-bond donors (Lipinski definition) is 1. The first-order valence-electron chi connectivity index (χ1n) is 6.51. The zero-order valence-corrected chi connectivity index (χ0v) is 13.1. The predicted molar refractivity (Wildman–Crippen MR) is 77.3 cm³/mol. The lowest BCUT2D eigenvalue weighted by Crippen LogP contribution is -2.57. The molecule has 0 saturated carbocycles. The lowest BCUT2D eigenvalue weighted by atomic mass is 10.2. The van der Waals surface area contributed by atoms with E-state index in [1.54, 1.807) is 28.0 Å². The molecule has 1 aliphatic rings. The first-order valence-corrected chi connectivity index (χ1v) is 8.16. The number of rotatable bonds is 4. The van der Waals surface area contributed by atoms with Gasteiger partial charge in [0.05, 0.1) is 10.5 Å². The summed E-state index contributed by atoms with van der Waals surface area (Å²) in [7, 11) is 0.381. The third-order valence-electron chi connectivity index (χ3n) is 3.36. The van der Waals surface area contributed by atoms with Gasteiger partial charge in [0, 0.05) is 40.4 Å². The largest absolute Gasteiger partial charge is 0.385 e. The summed E-state index contributed by atoms with van der Waals surface area (Å²) >= 11 is 0. The second-order valence-corrected chi connectivity index (χ2v) is 8.06. The van der Waals surface area contributed by atoms with E-state index in [2.05, 4.69) is 10.3 Å². The fraction of sp³-hybridized carbons (Fsp3) is 0.917. The van der Waals surface area contributed by atoms with Gasteiger partial charge >= 0.3 is 0 Å². The summed E-state index contributed by atoms with van der Waals surface area (Å²) in [5.41, 5.74) is 0. The highest BCUT2D eigenvalue weighted by Crippen LogP contribution is 2.23. The van der Waals surface area contributed by atoms with Crippen LogP contribution in [-0.4, -0.2) is 70.2 Å². The van der Waals surface area contributed by atoms with Crippen LogP contribution in [0, 0.1) is 0 Å². The van der Waals surface area contributed by atoms with Crippen molar-refractivity contribution in [3.05, 3.63) is 0 Å². The Morgan fingerprint density at radius 1 is 1.47 bits per heavy atom. The molecule has 0 aromatic carbocycles. The highest BCUT2D eigenvalue weighted by molar-refractivity contribution is 7.92. The quantitative estimate of drug-likeness (QED) is 0.452. The van der Waals surface area contributed by atoms with Crippen LogP contribution in [0.3, 0.4) is 0 Å². The van der Waals surface area contributed by atoms with E-state index in [9.17, 15) is 8.42 Å². The van der Waals surface area contributed by atoms with Crippen LogP contribution in [0.5, 0.6) is 0 Å². The Morgan fingerprint density at radius 3 is 2.68 bits per heavy atom. The van der Waals surface area contributed by atoms with Crippen molar-refractivity contribution < 1.29 is 13.2 Å². The van der Waals surface area contributed by atoms with E-state index < -0.39 is 14.6 Å². The molecule has 1 rings (SSSR count). The van der Waals surface area contributed by atoms with Gasteiger partial charge in [-0.25, -0.2) is 8.42 Å². The molecule has 6 nitrogen and oxygen atoms in total. The lowest BCUT2D eigenvalue weighted by Gasteiger charge is -2.39. The maximum atomic E-state index is 12.0. The van der Waals surface area contributed by atoms with Crippen molar-refractivity contribution in [2.45, 2.75) is 25.0 Å². The molecule has 0 aromatic heterocycles. The second-order valence-electron chi connectivity index (χ2n) is 5.32. The standard InChI is InChI=1S/C12H25N3O3S/c1-12(2)10-15(7-9-19(12,16)17)11(13-3)14-6-5-8-18-4/h5-10H2,1-4H3,(H,13,14). The molecule has 0 unspecified atom stereocenters. The Morgan fingerprint density at radius 2 is 2.16 bits per heavy atom. The summed E-state index contributed by atoms with van der Waals surface area (Å²) in [5.74, 6) is 0.942. The van der Waals surface area contributed by atoms with E-state index in [1.165, 1.54) is 0 Å². The van der Waals surface area contributed by atoms with Crippen LogP contribution in [0.25, 0.3) is 0 Å². The van der Waals surface area contributed by atoms with E-state index in [0.29, 0.717) is 19.7 Å². The molecule has 1 heterocycles. The highest BCUT2D eigenvalue weighted by Gasteiger charge is 2.40. The first kappa shape index (κ1) is 16.2. The van der Waals surface area contributed by atoms with Gasteiger partial charge in [0.2, 0.25) is 0 Å². The molecule has 1 fully saturated rings. The van der Waals surface area contributed by atoms with E-state index in [0.717, 1.165) is 18.9 Å². The van der Waals surface area contributed by atoms with Gasteiger partial charge in [-0.15, -0.1) is 0 Å². The molecule has 0 atom stereocenters. The average molecular weight is 291 g/mol. The number of methoxy groups -OCH3 is 1. The molecule has 19 heavy (non-hydrogen) atoms. The molecule has 1 aliphatic heterocycles. The van der Waals surface area contributed by atoms with E-state index in [-0.39, 0.29) is 5.75 Å². The van der Waals surface area contributed by atoms with Crippen molar-refractivity contribution in [1.29, 1.82) is 0 Å². The zero-order valence-electron chi connectivity index (χ0n) is 12.3. The van der Waals surface area contributed by atoms with Gasteiger partial charge in [-0.05, 0) is 20.3 Å². The molecule has 1 N–H and O–H groups in total. The van der Waals surface area contributed by atoms with Gasteiger partial charge in [0.15, 0.2) is 15.8 Å². The van der Waals surface area contributed by atoms with Gasteiger partial charge in [0.1, 0.15) is 0 Å². The minimum absolute atomic E-state index is 0.179. The number of nitrogens with one attached hydrogen (secondary N) is 1. The fourth-order valence-electron chi connectivity index (χ4n) is 2.07. The van der Waals surface area contributed by atoms with Crippen molar-refractivity contribution in [1.82, 2.24) is 10.2 Å². The predicted octanol–water partition coefficient (Wildman–Crippen LogP) is 0.107. The minimum Gasteiger partial charge on any atom is -0.385 e. The molecule has 0 bridgehead atoms. The molecule has 0 aliphatic carbocycles. The number of guanidine groups is 1. The zero-order chi connectivity index (χ0) is 14.5. The third-order valence-corrected chi connectivity index (χ3v) is 5.90. The molecular formula is C12H25N3O3S. The van der Waals surface area contributed by atoms with Gasteiger partial charge in [0.25, 0.3) is 0 Å². The Hall–Kier alpha value is -0.820. The maximum absolute atomic E-state index is 12.0. The van der Waals surface area contributed by atoms with E-state index in [4.69, 9.17) is 4.74 Å². The topological polar surface area (TPSA) is 71.0 Å². The third kappa shape index (κ3) is 4.07. The van der Waals surface area contributed by atoms with Crippen molar-refractivity contribution in [3.63, 3.8) is 0 Å². The van der Waals surface area contributed by atoms with Gasteiger partial charge in [-0.1, -0.05) is 0 Å². The molecule has 1 saturated heterocycles. The van der Waals surface area contributed by atoms with Crippen LogP contribution in [-0.2, 0) is 14.6 Å². The van der Waals surface area contributed by atoms with Crippen LogP contribution in [0.1, 0.15) is 20.3 Å². The van der Waals surface area contributed by atoms with Crippen molar-refractivity contribution in [2.75, 3.05) is 46.2 Å². The Kier molecular flexibility index (Phi) is 5.61. The Bertz CT molecular complexity index is 418. The summed E-state index contributed by atoms with van der Waals surface area (Å²) < 4.78 is 28.2. The monoisotopic (exact) mass is 291 g/mol. The van der Waals surface area contributed by atoms with Crippen molar-refractivity contribution >= 4 is 15.8 Å². The molecule has 0 spiro atoms. The molecular weight excluding hydrogens is 266 g/mol. The summed E-state index contributed by atoms with van der Waals surface area (Å²) in [5, 5.41) is 3.24.